The highest BCUT2D eigenvalue weighted by molar-refractivity contribution is 7.10. The molecule has 0 fully saturated rings. The molecule has 1 unspecified atom stereocenters. The fourth-order valence-corrected chi connectivity index (χ4v) is 2.30. The van der Waals surface area contributed by atoms with Gasteiger partial charge in [-0.3, -0.25) is 0 Å². The number of aliphatic hydroxyl groups excluding tert-OH is 1. The van der Waals surface area contributed by atoms with Crippen molar-refractivity contribution in [1.29, 1.82) is 0 Å². The number of aliphatic hydroxyl groups is 1. The molecule has 4 nitrogen and oxygen atoms in total. The number of hydrogen-bond acceptors (Lipinski definition) is 4. The minimum Gasteiger partial charge on any atom is -0.379 e. The van der Waals surface area contributed by atoms with E-state index in [0.29, 0.717) is 15.7 Å². The highest BCUT2D eigenvalue weighted by atomic mass is 35.5. The van der Waals surface area contributed by atoms with Crippen molar-refractivity contribution in [3.63, 3.8) is 0 Å². The van der Waals surface area contributed by atoms with Gasteiger partial charge in [-0.2, -0.15) is 0 Å². The minimum atomic E-state index is -0.796. The Hall–Kier alpha value is -0.910. The van der Waals surface area contributed by atoms with Crippen LogP contribution >= 0.6 is 22.9 Å². The lowest BCUT2D eigenvalue weighted by atomic mass is 10.3. The van der Waals surface area contributed by atoms with Crippen molar-refractivity contribution in [3.05, 3.63) is 33.5 Å². The molecular weight excluding hydrogens is 222 g/mol. The number of aryl methyl sites for hydroxylation is 1. The van der Waals surface area contributed by atoms with Gasteiger partial charge >= 0.3 is 0 Å². The van der Waals surface area contributed by atoms with E-state index in [4.69, 9.17) is 11.6 Å². The Bertz CT molecular complexity index is 399. The van der Waals surface area contributed by atoms with Crippen molar-refractivity contribution in [2.24, 2.45) is 7.05 Å². The normalized spacial score (nSPS) is 13.1. The topological polar surface area (TPSA) is 50.9 Å². The van der Waals surface area contributed by atoms with Crippen LogP contribution in [0.4, 0.5) is 0 Å². The molecule has 0 radical (unpaired) electrons. The third-order valence-corrected chi connectivity index (χ3v) is 3.30. The average molecular weight is 230 g/mol. The van der Waals surface area contributed by atoms with Gasteiger partial charge < -0.3 is 9.67 Å². The van der Waals surface area contributed by atoms with Gasteiger partial charge in [-0.25, -0.2) is 0 Å². The highest BCUT2D eigenvalue weighted by Crippen LogP contribution is 2.31. The molecule has 0 saturated heterocycles. The quantitative estimate of drug-likeness (QED) is 0.851. The summed E-state index contributed by atoms with van der Waals surface area (Å²) in [5.74, 6) is 0.495. The zero-order valence-electron chi connectivity index (χ0n) is 7.38. The molecule has 14 heavy (non-hydrogen) atoms. The van der Waals surface area contributed by atoms with Crippen molar-refractivity contribution in [2.45, 2.75) is 6.10 Å². The van der Waals surface area contributed by atoms with Gasteiger partial charge in [0.1, 0.15) is 12.4 Å². The van der Waals surface area contributed by atoms with E-state index in [1.165, 1.54) is 11.3 Å². The van der Waals surface area contributed by atoms with Gasteiger partial charge in [0, 0.05) is 7.05 Å². The Morgan fingerprint density at radius 2 is 2.43 bits per heavy atom. The number of rotatable bonds is 2. The lowest BCUT2D eigenvalue weighted by Crippen LogP contribution is -2.05. The summed E-state index contributed by atoms with van der Waals surface area (Å²) >= 11 is 7.30. The summed E-state index contributed by atoms with van der Waals surface area (Å²) < 4.78 is 1.67. The van der Waals surface area contributed by atoms with Crippen molar-refractivity contribution < 1.29 is 5.11 Å². The lowest BCUT2D eigenvalue weighted by Gasteiger charge is -2.07. The summed E-state index contributed by atoms with van der Waals surface area (Å²) in [6.45, 7) is 0. The summed E-state index contributed by atoms with van der Waals surface area (Å²) in [4.78, 5) is 0.697. The standard InChI is InChI=1S/C8H8ClN3OS/c1-12-4-10-11-8(12)6(13)7-5(9)2-3-14-7/h2-4,6,13H,1H3. The van der Waals surface area contributed by atoms with E-state index in [1.807, 2.05) is 5.38 Å². The summed E-state index contributed by atoms with van der Waals surface area (Å²) in [6, 6.07) is 1.75. The summed E-state index contributed by atoms with van der Waals surface area (Å²) in [7, 11) is 1.78. The maximum Gasteiger partial charge on any atom is 0.167 e. The van der Waals surface area contributed by atoms with Gasteiger partial charge in [-0.1, -0.05) is 11.6 Å². The molecule has 2 heterocycles. The molecule has 0 bridgehead atoms. The third kappa shape index (κ3) is 1.54. The zero-order chi connectivity index (χ0) is 10.1. The zero-order valence-corrected chi connectivity index (χ0v) is 8.96. The summed E-state index contributed by atoms with van der Waals surface area (Å²) in [5, 5.41) is 19.8. The third-order valence-electron chi connectivity index (χ3n) is 1.88. The molecule has 2 rings (SSSR count). The predicted octanol–water partition coefficient (Wildman–Crippen LogP) is 1.61. The van der Waals surface area contributed by atoms with Crippen LogP contribution < -0.4 is 0 Å². The van der Waals surface area contributed by atoms with E-state index in [9.17, 15) is 5.11 Å². The van der Waals surface area contributed by atoms with Crippen molar-refractivity contribution in [2.75, 3.05) is 0 Å². The van der Waals surface area contributed by atoms with Gasteiger partial charge in [0.05, 0.1) is 9.90 Å². The average Bonchev–Trinajstić information content (AvgIpc) is 2.73. The molecule has 0 spiro atoms. The van der Waals surface area contributed by atoms with Crippen LogP contribution in [0.3, 0.4) is 0 Å². The van der Waals surface area contributed by atoms with Crippen molar-refractivity contribution >= 4 is 22.9 Å². The smallest absolute Gasteiger partial charge is 0.167 e. The Morgan fingerprint density at radius 3 is 2.93 bits per heavy atom. The van der Waals surface area contributed by atoms with Crippen molar-refractivity contribution in [1.82, 2.24) is 14.8 Å². The molecule has 0 aliphatic carbocycles. The van der Waals surface area contributed by atoms with Crippen LogP contribution in [-0.2, 0) is 7.05 Å². The Kier molecular flexibility index (Phi) is 2.54. The first-order valence-corrected chi connectivity index (χ1v) is 5.20. The molecule has 1 atom stereocenters. The monoisotopic (exact) mass is 229 g/mol. The molecule has 0 saturated carbocycles. The molecule has 0 amide bonds. The molecular formula is C8H8ClN3OS. The Morgan fingerprint density at radius 1 is 1.64 bits per heavy atom. The summed E-state index contributed by atoms with van der Waals surface area (Å²) in [6.07, 6.45) is 0.745. The van der Waals surface area contributed by atoms with Gasteiger partial charge in [-0.05, 0) is 11.4 Å². The molecule has 1 N–H and O–H groups in total. The van der Waals surface area contributed by atoms with Gasteiger partial charge in [0.2, 0.25) is 0 Å². The van der Waals surface area contributed by atoms with Crippen LogP contribution in [0.1, 0.15) is 16.8 Å². The fraction of sp³-hybridized carbons (Fsp3) is 0.250. The van der Waals surface area contributed by atoms with Crippen LogP contribution in [0.15, 0.2) is 17.8 Å². The molecule has 0 aromatic carbocycles. The van der Waals surface area contributed by atoms with Crippen molar-refractivity contribution in [3.8, 4) is 0 Å². The lowest BCUT2D eigenvalue weighted by molar-refractivity contribution is 0.209. The Labute approximate surface area is 89.8 Å². The van der Waals surface area contributed by atoms with Crippen LogP contribution in [0.5, 0.6) is 0 Å². The van der Waals surface area contributed by atoms with E-state index in [0.717, 1.165) is 0 Å². The molecule has 74 valence electrons. The minimum absolute atomic E-state index is 0.495. The maximum absolute atomic E-state index is 9.93. The fourth-order valence-electron chi connectivity index (χ4n) is 1.16. The molecule has 0 aliphatic heterocycles. The van der Waals surface area contributed by atoms with E-state index in [1.54, 1.807) is 24.0 Å². The SMILES string of the molecule is Cn1cnnc1C(O)c1sccc1Cl. The first-order valence-electron chi connectivity index (χ1n) is 3.95. The number of aromatic nitrogens is 3. The first-order chi connectivity index (χ1) is 6.70. The van der Waals surface area contributed by atoms with Crippen LogP contribution in [-0.4, -0.2) is 19.9 Å². The number of halogens is 1. The van der Waals surface area contributed by atoms with Crippen LogP contribution in [0.25, 0.3) is 0 Å². The van der Waals surface area contributed by atoms with E-state index in [-0.39, 0.29) is 0 Å². The van der Waals surface area contributed by atoms with Crippen LogP contribution in [0, 0.1) is 0 Å². The Balaban J connectivity index is 2.38. The second-order valence-electron chi connectivity index (χ2n) is 2.84. The van der Waals surface area contributed by atoms with Crippen LogP contribution in [0.2, 0.25) is 5.02 Å². The highest BCUT2D eigenvalue weighted by Gasteiger charge is 2.19. The van der Waals surface area contributed by atoms with Gasteiger partial charge in [-0.15, -0.1) is 21.5 Å². The van der Waals surface area contributed by atoms with E-state index >= 15 is 0 Å². The molecule has 6 heteroatoms. The van der Waals surface area contributed by atoms with E-state index in [2.05, 4.69) is 10.2 Å². The molecule has 2 aromatic heterocycles. The number of thiophene rings is 1. The number of hydrogen-bond donors (Lipinski definition) is 1. The summed E-state index contributed by atoms with van der Waals surface area (Å²) in [5.41, 5.74) is 0. The second-order valence-corrected chi connectivity index (χ2v) is 4.19. The van der Waals surface area contributed by atoms with E-state index < -0.39 is 6.10 Å². The number of nitrogens with zero attached hydrogens (tertiary/aromatic N) is 3. The molecule has 2 aromatic rings. The second kappa shape index (κ2) is 3.68. The van der Waals surface area contributed by atoms with Gasteiger partial charge in [0.15, 0.2) is 5.82 Å². The maximum atomic E-state index is 9.93. The molecule has 0 aliphatic rings. The predicted molar refractivity (Wildman–Crippen MR) is 54.4 cm³/mol. The van der Waals surface area contributed by atoms with Gasteiger partial charge in [0.25, 0.3) is 0 Å². The first kappa shape index (κ1) is 9.64. The largest absolute Gasteiger partial charge is 0.379 e.